The molecule has 1 rings (SSSR count). The first-order valence-corrected chi connectivity index (χ1v) is 8.09. The summed E-state index contributed by atoms with van der Waals surface area (Å²) in [6.45, 7) is 4.91. The third-order valence-corrected chi connectivity index (χ3v) is 4.64. The molecule has 19 heavy (non-hydrogen) atoms. The van der Waals surface area contributed by atoms with Gasteiger partial charge in [0.2, 0.25) is 10.0 Å². The van der Waals surface area contributed by atoms with Gasteiger partial charge in [0.25, 0.3) is 0 Å². The predicted molar refractivity (Wildman–Crippen MR) is 72.1 cm³/mol. The first-order valence-electron chi connectivity index (χ1n) is 5.72. The molecule has 6 nitrogen and oxygen atoms in total. The quantitative estimate of drug-likeness (QED) is 0.708. The summed E-state index contributed by atoms with van der Waals surface area (Å²) >= 11 is 0.882. The molecule has 8 heteroatoms. The first-order chi connectivity index (χ1) is 8.84. The number of rotatable bonds is 8. The lowest BCUT2D eigenvalue weighted by molar-refractivity contribution is 0.0698. The minimum atomic E-state index is -3.79. The highest BCUT2D eigenvalue weighted by Gasteiger charge is 2.23. The van der Waals surface area contributed by atoms with Crippen LogP contribution >= 0.6 is 11.3 Å². The molecule has 0 aliphatic rings. The van der Waals surface area contributed by atoms with E-state index in [1.165, 1.54) is 11.4 Å². The van der Waals surface area contributed by atoms with Crippen LogP contribution in [0.2, 0.25) is 0 Å². The van der Waals surface area contributed by atoms with Crippen molar-refractivity contribution >= 4 is 27.3 Å². The Kier molecular flexibility index (Phi) is 5.92. The number of hydrogen-bond donors (Lipinski definition) is 2. The van der Waals surface area contributed by atoms with E-state index in [1.54, 1.807) is 0 Å². The molecule has 1 aromatic rings. The van der Waals surface area contributed by atoms with Crippen LogP contribution in [-0.4, -0.2) is 39.3 Å². The molecule has 0 unspecified atom stereocenters. The molecule has 1 heterocycles. The van der Waals surface area contributed by atoms with Crippen molar-refractivity contribution in [3.63, 3.8) is 0 Å². The number of nitrogens with one attached hydrogen (secondary N) is 1. The maximum absolute atomic E-state index is 11.9. The number of aromatic carboxylic acids is 1. The molecule has 1 aromatic heterocycles. The van der Waals surface area contributed by atoms with Gasteiger partial charge in [-0.2, -0.15) is 0 Å². The van der Waals surface area contributed by atoms with Crippen molar-refractivity contribution in [3.05, 3.63) is 16.3 Å². The molecular formula is C11H17NO5S2. The zero-order valence-corrected chi connectivity index (χ0v) is 12.4. The van der Waals surface area contributed by atoms with E-state index >= 15 is 0 Å². The van der Waals surface area contributed by atoms with Gasteiger partial charge in [-0.1, -0.05) is 13.8 Å². The normalized spacial score (nSPS) is 11.9. The van der Waals surface area contributed by atoms with E-state index in [0.29, 0.717) is 12.5 Å². The van der Waals surface area contributed by atoms with Crippen molar-refractivity contribution < 1.29 is 23.1 Å². The summed E-state index contributed by atoms with van der Waals surface area (Å²) in [7, 11) is -3.79. The highest BCUT2D eigenvalue weighted by molar-refractivity contribution is 7.89. The summed E-state index contributed by atoms with van der Waals surface area (Å²) < 4.78 is 31.4. The zero-order valence-electron chi connectivity index (χ0n) is 10.8. The van der Waals surface area contributed by atoms with Crippen LogP contribution in [0.1, 0.15) is 23.5 Å². The Bertz CT molecular complexity index is 521. The lowest BCUT2D eigenvalue weighted by Crippen LogP contribution is -2.28. The van der Waals surface area contributed by atoms with E-state index in [4.69, 9.17) is 9.84 Å². The number of sulfonamides is 1. The molecule has 0 spiro atoms. The Morgan fingerprint density at radius 3 is 2.79 bits per heavy atom. The standard InChI is InChI=1S/C11H17NO5S2/c1-8(2)7-17-5-4-12-19(15,16)9-3-6-18-10(9)11(13)14/h3,6,8,12H,4-5,7H2,1-2H3,(H,13,14). The fraction of sp³-hybridized carbons (Fsp3) is 0.545. The Morgan fingerprint density at radius 2 is 2.21 bits per heavy atom. The van der Waals surface area contributed by atoms with Crippen molar-refractivity contribution in [2.45, 2.75) is 18.7 Å². The molecular weight excluding hydrogens is 290 g/mol. The van der Waals surface area contributed by atoms with E-state index < -0.39 is 16.0 Å². The second-order valence-corrected chi connectivity index (χ2v) is 6.94. The van der Waals surface area contributed by atoms with E-state index in [0.717, 1.165) is 11.3 Å². The number of hydrogen-bond acceptors (Lipinski definition) is 5. The minimum Gasteiger partial charge on any atom is -0.477 e. The third kappa shape index (κ3) is 4.90. The van der Waals surface area contributed by atoms with Gasteiger partial charge in [-0.05, 0) is 17.4 Å². The van der Waals surface area contributed by atoms with Crippen molar-refractivity contribution in [2.75, 3.05) is 19.8 Å². The maximum atomic E-state index is 11.9. The molecule has 0 fully saturated rings. The Labute approximate surface area is 116 Å². The topological polar surface area (TPSA) is 92.7 Å². The van der Waals surface area contributed by atoms with Gasteiger partial charge in [0.15, 0.2) is 0 Å². The van der Waals surface area contributed by atoms with Crippen LogP contribution in [0.25, 0.3) is 0 Å². The Hall–Kier alpha value is -0.960. The average molecular weight is 307 g/mol. The fourth-order valence-corrected chi connectivity index (χ4v) is 3.58. The van der Waals surface area contributed by atoms with E-state index in [2.05, 4.69) is 4.72 Å². The van der Waals surface area contributed by atoms with Crippen LogP contribution in [-0.2, 0) is 14.8 Å². The van der Waals surface area contributed by atoms with Crippen LogP contribution in [0, 0.1) is 5.92 Å². The summed E-state index contributed by atoms with van der Waals surface area (Å²) in [5.41, 5.74) is 0. The predicted octanol–water partition coefficient (Wildman–Crippen LogP) is 1.40. The molecule has 0 saturated heterocycles. The molecule has 2 N–H and O–H groups in total. The minimum absolute atomic E-state index is 0.115. The summed E-state index contributed by atoms with van der Waals surface area (Å²) in [6.07, 6.45) is 0. The molecule has 0 saturated carbocycles. The van der Waals surface area contributed by atoms with Crippen LogP contribution in [0.5, 0.6) is 0 Å². The summed E-state index contributed by atoms with van der Waals surface area (Å²) in [5.74, 6) is -0.862. The highest BCUT2D eigenvalue weighted by Crippen LogP contribution is 2.21. The van der Waals surface area contributed by atoms with E-state index in [9.17, 15) is 13.2 Å². The van der Waals surface area contributed by atoms with Crippen LogP contribution in [0.15, 0.2) is 16.3 Å². The van der Waals surface area contributed by atoms with Crippen molar-refractivity contribution in [3.8, 4) is 0 Å². The number of ether oxygens (including phenoxy) is 1. The lowest BCUT2D eigenvalue weighted by atomic mass is 10.2. The molecule has 0 bridgehead atoms. The zero-order chi connectivity index (χ0) is 14.5. The monoisotopic (exact) mass is 307 g/mol. The van der Waals surface area contributed by atoms with Crippen LogP contribution < -0.4 is 4.72 Å². The SMILES string of the molecule is CC(C)COCCNS(=O)(=O)c1ccsc1C(=O)O. The molecule has 0 aliphatic heterocycles. The van der Waals surface area contributed by atoms with Crippen molar-refractivity contribution in [1.82, 2.24) is 4.72 Å². The summed E-state index contributed by atoms with van der Waals surface area (Å²) in [5, 5.41) is 10.3. The number of thiophene rings is 1. The number of carboxylic acids is 1. The number of carboxylic acid groups (broad SMARTS) is 1. The van der Waals surface area contributed by atoms with Crippen molar-refractivity contribution in [2.24, 2.45) is 5.92 Å². The molecule has 0 amide bonds. The molecule has 0 aliphatic carbocycles. The van der Waals surface area contributed by atoms with E-state index in [-0.39, 0.29) is 22.9 Å². The smallest absolute Gasteiger partial charge is 0.347 e. The van der Waals surface area contributed by atoms with Gasteiger partial charge >= 0.3 is 5.97 Å². The maximum Gasteiger partial charge on any atom is 0.347 e. The largest absolute Gasteiger partial charge is 0.477 e. The van der Waals surface area contributed by atoms with Gasteiger partial charge in [0.1, 0.15) is 9.77 Å². The first kappa shape index (κ1) is 16.1. The molecule has 0 aromatic carbocycles. The highest BCUT2D eigenvalue weighted by atomic mass is 32.2. The van der Waals surface area contributed by atoms with Gasteiger partial charge in [0, 0.05) is 13.2 Å². The van der Waals surface area contributed by atoms with Gasteiger partial charge in [-0.15, -0.1) is 11.3 Å². The summed E-state index contributed by atoms with van der Waals surface area (Å²) in [6, 6.07) is 1.28. The lowest BCUT2D eigenvalue weighted by Gasteiger charge is -2.08. The summed E-state index contributed by atoms with van der Waals surface area (Å²) in [4.78, 5) is 10.5. The van der Waals surface area contributed by atoms with Gasteiger partial charge in [0.05, 0.1) is 6.61 Å². The van der Waals surface area contributed by atoms with Crippen molar-refractivity contribution in [1.29, 1.82) is 0 Å². The molecule has 0 atom stereocenters. The van der Waals surface area contributed by atoms with Gasteiger partial charge in [-0.25, -0.2) is 17.9 Å². The Balaban J connectivity index is 2.57. The number of carbonyl (C=O) groups is 1. The third-order valence-electron chi connectivity index (χ3n) is 2.10. The molecule has 108 valence electrons. The Morgan fingerprint density at radius 1 is 1.53 bits per heavy atom. The van der Waals surface area contributed by atoms with E-state index in [1.807, 2.05) is 13.8 Å². The second kappa shape index (κ2) is 6.99. The fourth-order valence-electron chi connectivity index (χ4n) is 1.31. The molecule has 0 radical (unpaired) electrons. The second-order valence-electron chi connectivity index (χ2n) is 4.29. The van der Waals surface area contributed by atoms with Crippen LogP contribution in [0.4, 0.5) is 0 Å². The van der Waals surface area contributed by atoms with Gasteiger partial charge in [-0.3, -0.25) is 0 Å². The van der Waals surface area contributed by atoms with Gasteiger partial charge < -0.3 is 9.84 Å². The van der Waals surface area contributed by atoms with Crippen LogP contribution in [0.3, 0.4) is 0 Å². The average Bonchev–Trinajstić information content (AvgIpc) is 2.77.